The average molecular weight is 273 g/mol. The third-order valence-corrected chi connectivity index (χ3v) is 4.52. The van der Waals surface area contributed by atoms with Crippen molar-refractivity contribution in [3.8, 4) is 0 Å². The second kappa shape index (κ2) is 7.47. The fourth-order valence-corrected chi connectivity index (χ4v) is 2.95. The molecule has 0 unspecified atom stereocenters. The summed E-state index contributed by atoms with van der Waals surface area (Å²) in [6.07, 6.45) is 8.07. The van der Waals surface area contributed by atoms with Crippen LogP contribution in [0.2, 0.25) is 0 Å². The first-order valence-corrected chi connectivity index (χ1v) is 7.98. The van der Waals surface area contributed by atoms with Crippen LogP contribution < -0.4 is 5.32 Å². The molecule has 110 valence electrons. The van der Waals surface area contributed by atoms with Crippen molar-refractivity contribution in [2.45, 2.75) is 58.8 Å². The van der Waals surface area contributed by atoms with E-state index in [1.165, 1.54) is 48.8 Å². The summed E-state index contributed by atoms with van der Waals surface area (Å²) in [7, 11) is 0. The molecule has 1 amide bonds. The van der Waals surface area contributed by atoms with E-state index in [0.717, 1.165) is 13.0 Å². The van der Waals surface area contributed by atoms with Crippen molar-refractivity contribution >= 4 is 5.91 Å². The molecule has 1 aliphatic rings. The number of hydrogen-bond donors (Lipinski definition) is 1. The summed E-state index contributed by atoms with van der Waals surface area (Å²) >= 11 is 0. The van der Waals surface area contributed by atoms with E-state index in [4.69, 9.17) is 0 Å². The zero-order valence-electron chi connectivity index (χ0n) is 12.9. The number of aryl methyl sites for hydroxylation is 3. The average Bonchev–Trinajstić information content (AvgIpc) is 2.47. The van der Waals surface area contributed by atoms with E-state index in [-0.39, 0.29) is 5.91 Å². The van der Waals surface area contributed by atoms with Crippen molar-refractivity contribution in [1.82, 2.24) is 5.32 Å². The second-order valence-electron chi connectivity index (χ2n) is 6.23. The zero-order valence-corrected chi connectivity index (χ0v) is 12.9. The highest BCUT2D eigenvalue weighted by atomic mass is 16.1. The Morgan fingerprint density at radius 3 is 2.60 bits per heavy atom. The predicted molar refractivity (Wildman–Crippen MR) is 83.8 cm³/mol. The summed E-state index contributed by atoms with van der Waals surface area (Å²) in [5.74, 6) is 0.920. The number of carbonyl (C=O) groups excluding carboxylic acids is 1. The maximum atomic E-state index is 11.9. The van der Waals surface area contributed by atoms with Gasteiger partial charge in [0.05, 0.1) is 0 Å². The van der Waals surface area contributed by atoms with E-state index in [9.17, 15) is 4.79 Å². The van der Waals surface area contributed by atoms with E-state index in [0.29, 0.717) is 12.3 Å². The highest BCUT2D eigenvalue weighted by molar-refractivity contribution is 5.76. The third-order valence-electron chi connectivity index (χ3n) is 4.52. The molecule has 20 heavy (non-hydrogen) atoms. The Hall–Kier alpha value is -1.31. The lowest BCUT2D eigenvalue weighted by atomic mass is 9.89. The maximum absolute atomic E-state index is 11.9. The molecule has 0 aromatic heterocycles. The van der Waals surface area contributed by atoms with Crippen LogP contribution in [0.4, 0.5) is 0 Å². The third kappa shape index (κ3) is 4.66. The van der Waals surface area contributed by atoms with Gasteiger partial charge in [0.15, 0.2) is 0 Å². The first kappa shape index (κ1) is 15.1. The van der Waals surface area contributed by atoms with Gasteiger partial charge in [0.25, 0.3) is 0 Å². The van der Waals surface area contributed by atoms with Gasteiger partial charge in [-0.3, -0.25) is 4.79 Å². The zero-order chi connectivity index (χ0) is 14.4. The Kier molecular flexibility index (Phi) is 5.63. The van der Waals surface area contributed by atoms with Crippen LogP contribution in [0, 0.1) is 19.8 Å². The van der Waals surface area contributed by atoms with E-state index >= 15 is 0 Å². The SMILES string of the molecule is Cc1ccc(CCC(=O)NCC2CCCCC2)cc1C. The van der Waals surface area contributed by atoms with Crippen LogP contribution in [0.3, 0.4) is 0 Å². The van der Waals surface area contributed by atoms with Crippen molar-refractivity contribution in [1.29, 1.82) is 0 Å². The minimum absolute atomic E-state index is 0.203. The largest absolute Gasteiger partial charge is 0.356 e. The van der Waals surface area contributed by atoms with E-state index in [2.05, 4.69) is 37.4 Å². The number of carbonyl (C=O) groups is 1. The van der Waals surface area contributed by atoms with Gasteiger partial charge >= 0.3 is 0 Å². The van der Waals surface area contributed by atoms with Gasteiger partial charge in [-0.2, -0.15) is 0 Å². The summed E-state index contributed by atoms with van der Waals surface area (Å²) in [6, 6.07) is 6.48. The number of rotatable bonds is 5. The van der Waals surface area contributed by atoms with Gasteiger partial charge in [0.2, 0.25) is 5.91 Å². The highest BCUT2D eigenvalue weighted by Gasteiger charge is 2.14. The molecule has 0 radical (unpaired) electrons. The van der Waals surface area contributed by atoms with Crippen LogP contribution in [-0.4, -0.2) is 12.5 Å². The highest BCUT2D eigenvalue weighted by Crippen LogP contribution is 2.22. The van der Waals surface area contributed by atoms with Crippen molar-refractivity contribution < 1.29 is 4.79 Å². The quantitative estimate of drug-likeness (QED) is 0.865. The Balaban J connectivity index is 1.70. The molecule has 0 spiro atoms. The lowest BCUT2D eigenvalue weighted by Crippen LogP contribution is -2.30. The maximum Gasteiger partial charge on any atom is 0.220 e. The monoisotopic (exact) mass is 273 g/mol. The van der Waals surface area contributed by atoms with Crippen LogP contribution in [0.1, 0.15) is 55.2 Å². The summed E-state index contributed by atoms with van der Waals surface area (Å²) in [4.78, 5) is 11.9. The van der Waals surface area contributed by atoms with Crippen LogP contribution in [-0.2, 0) is 11.2 Å². The summed E-state index contributed by atoms with van der Waals surface area (Å²) in [5, 5.41) is 3.11. The summed E-state index contributed by atoms with van der Waals surface area (Å²) in [5.41, 5.74) is 3.89. The molecule has 2 nitrogen and oxygen atoms in total. The van der Waals surface area contributed by atoms with E-state index < -0.39 is 0 Å². The topological polar surface area (TPSA) is 29.1 Å². The summed E-state index contributed by atoms with van der Waals surface area (Å²) < 4.78 is 0. The van der Waals surface area contributed by atoms with Crippen molar-refractivity contribution in [3.05, 3.63) is 34.9 Å². The lowest BCUT2D eigenvalue weighted by Gasteiger charge is -2.21. The fourth-order valence-electron chi connectivity index (χ4n) is 2.95. The van der Waals surface area contributed by atoms with Gasteiger partial charge in [0, 0.05) is 13.0 Å². The van der Waals surface area contributed by atoms with Gasteiger partial charge in [-0.15, -0.1) is 0 Å². The Bertz CT molecular complexity index is 447. The molecule has 1 N–H and O–H groups in total. The van der Waals surface area contributed by atoms with Gasteiger partial charge in [-0.1, -0.05) is 37.5 Å². The van der Waals surface area contributed by atoms with Gasteiger partial charge < -0.3 is 5.32 Å². The lowest BCUT2D eigenvalue weighted by molar-refractivity contribution is -0.121. The number of hydrogen-bond acceptors (Lipinski definition) is 1. The Labute approximate surface area is 123 Å². The first-order chi connectivity index (χ1) is 9.65. The van der Waals surface area contributed by atoms with Crippen LogP contribution in [0.5, 0.6) is 0 Å². The fraction of sp³-hybridized carbons (Fsp3) is 0.611. The molecule has 1 fully saturated rings. The minimum Gasteiger partial charge on any atom is -0.356 e. The molecule has 0 aliphatic heterocycles. The molecular formula is C18H27NO. The molecular weight excluding hydrogens is 246 g/mol. The molecule has 1 aromatic carbocycles. The molecule has 0 saturated heterocycles. The van der Waals surface area contributed by atoms with Gasteiger partial charge in [0.1, 0.15) is 0 Å². The summed E-state index contributed by atoms with van der Waals surface area (Å²) in [6.45, 7) is 5.13. The standard InChI is InChI=1S/C18H27NO/c1-14-8-9-16(12-15(14)2)10-11-18(20)19-13-17-6-4-3-5-7-17/h8-9,12,17H,3-7,10-11,13H2,1-2H3,(H,19,20). The van der Waals surface area contributed by atoms with Crippen LogP contribution in [0.15, 0.2) is 18.2 Å². The Morgan fingerprint density at radius 2 is 1.90 bits per heavy atom. The first-order valence-electron chi connectivity index (χ1n) is 7.98. The number of amides is 1. The van der Waals surface area contributed by atoms with Crippen molar-refractivity contribution in [2.24, 2.45) is 5.92 Å². The Morgan fingerprint density at radius 1 is 1.15 bits per heavy atom. The van der Waals surface area contributed by atoms with Gasteiger partial charge in [-0.25, -0.2) is 0 Å². The van der Waals surface area contributed by atoms with Crippen molar-refractivity contribution in [3.63, 3.8) is 0 Å². The van der Waals surface area contributed by atoms with Gasteiger partial charge in [-0.05, 0) is 55.7 Å². The molecule has 1 aliphatic carbocycles. The number of benzene rings is 1. The van der Waals surface area contributed by atoms with E-state index in [1.54, 1.807) is 0 Å². The molecule has 1 saturated carbocycles. The van der Waals surface area contributed by atoms with Crippen molar-refractivity contribution in [2.75, 3.05) is 6.54 Å². The smallest absolute Gasteiger partial charge is 0.220 e. The molecule has 2 rings (SSSR count). The predicted octanol–water partition coefficient (Wildman–Crippen LogP) is 3.93. The van der Waals surface area contributed by atoms with E-state index in [1.807, 2.05) is 0 Å². The molecule has 0 heterocycles. The molecule has 0 bridgehead atoms. The normalized spacial score (nSPS) is 16.1. The van der Waals surface area contributed by atoms with Crippen LogP contribution in [0.25, 0.3) is 0 Å². The number of nitrogens with one attached hydrogen (secondary N) is 1. The second-order valence-corrected chi connectivity index (χ2v) is 6.23. The molecule has 0 atom stereocenters. The minimum atomic E-state index is 0.203. The van der Waals surface area contributed by atoms with Crippen LogP contribution >= 0.6 is 0 Å². The molecule has 2 heteroatoms. The molecule has 1 aromatic rings.